The number of aromatic nitrogens is 1. The number of carbonyl (C=O) groups excluding carboxylic acids is 1. The first kappa shape index (κ1) is 9.98. The number of rotatable bonds is 3. The minimum absolute atomic E-state index is 0.115. The van der Waals surface area contributed by atoms with Crippen LogP contribution in [0.25, 0.3) is 0 Å². The van der Waals surface area contributed by atoms with Gasteiger partial charge in [0.1, 0.15) is 5.69 Å². The fraction of sp³-hybridized carbons (Fsp3) is 0.500. The number of amides is 1. The summed E-state index contributed by atoms with van der Waals surface area (Å²) in [6.45, 7) is 3.88. The predicted octanol–water partition coefficient (Wildman–Crippen LogP) is 1.82. The summed E-state index contributed by atoms with van der Waals surface area (Å²) in [6.07, 6.45) is 0.861. The first-order valence-electron chi connectivity index (χ1n) is 4.07. The van der Waals surface area contributed by atoms with Crippen LogP contribution in [0.4, 0.5) is 0 Å². The molecule has 1 rings (SSSR count). The largest absolute Gasteiger partial charge is 0.348 e. The number of thiazole rings is 1. The van der Waals surface area contributed by atoms with Crippen molar-refractivity contribution in [3.05, 3.63) is 11.1 Å². The molecule has 1 amide bonds. The second kappa shape index (κ2) is 4.23. The zero-order valence-electron chi connectivity index (χ0n) is 7.53. The fourth-order valence-electron chi connectivity index (χ4n) is 0.761. The molecule has 0 fully saturated rings. The zero-order valence-corrected chi connectivity index (χ0v) is 8.35. The number of hydrogen-bond acceptors (Lipinski definition) is 3. The molecule has 0 aliphatic carbocycles. The highest BCUT2D eigenvalue weighted by atomic mass is 32.1. The summed E-state index contributed by atoms with van der Waals surface area (Å²) in [5, 5.41) is 14.6. The van der Waals surface area contributed by atoms with Gasteiger partial charge >= 0.3 is 5.19 Å². The van der Waals surface area contributed by atoms with Gasteiger partial charge in [0.25, 0.3) is 5.91 Å². The van der Waals surface area contributed by atoms with Crippen LogP contribution in [0.5, 0.6) is 5.19 Å². The first-order chi connectivity index (χ1) is 6.13. The van der Waals surface area contributed by atoms with Crippen molar-refractivity contribution in [1.82, 2.24) is 10.3 Å². The highest BCUT2D eigenvalue weighted by Crippen LogP contribution is 2.16. The molecule has 5 heteroatoms. The van der Waals surface area contributed by atoms with Gasteiger partial charge in [0.05, 0.1) is 0 Å². The Kier molecular flexibility index (Phi) is 3.25. The van der Waals surface area contributed by atoms with E-state index >= 15 is 0 Å². The van der Waals surface area contributed by atoms with E-state index < -0.39 is 0 Å². The standard InChI is InChI=1S/C8H11N2O2S/c1-3-5(2)9-7(11)6-4-13-8(12)10-6/h4-5H,3H2,1-2H3,(H,9,11). The highest BCUT2D eigenvalue weighted by molar-refractivity contribution is 7.11. The van der Waals surface area contributed by atoms with Crippen LogP contribution >= 0.6 is 11.3 Å². The van der Waals surface area contributed by atoms with Gasteiger partial charge in [-0.25, -0.2) is 0 Å². The van der Waals surface area contributed by atoms with Crippen LogP contribution in [0.2, 0.25) is 0 Å². The second-order valence-corrected chi connectivity index (χ2v) is 3.60. The van der Waals surface area contributed by atoms with E-state index in [1.807, 2.05) is 13.8 Å². The number of nitrogens with zero attached hydrogens (tertiary/aromatic N) is 1. The van der Waals surface area contributed by atoms with Gasteiger partial charge in [0.2, 0.25) is 0 Å². The molecule has 1 heterocycles. The van der Waals surface area contributed by atoms with E-state index in [1.54, 1.807) is 0 Å². The Bertz CT molecular complexity index is 298. The molecule has 0 aromatic carbocycles. The third-order valence-corrected chi connectivity index (χ3v) is 2.34. The molecule has 1 N–H and O–H groups in total. The highest BCUT2D eigenvalue weighted by Gasteiger charge is 2.12. The molecule has 0 spiro atoms. The summed E-state index contributed by atoms with van der Waals surface area (Å²) in [5.41, 5.74) is 0.218. The third-order valence-electron chi connectivity index (χ3n) is 1.71. The monoisotopic (exact) mass is 199 g/mol. The SMILES string of the molecule is CCC(C)NC(=O)c1csc([O])n1. The minimum Gasteiger partial charge on any atom is -0.348 e. The van der Waals surface area contributed by atoms with Gasteiger partial charge in [-0.05, 0) is 13.3 Å². The van der Waals surface area contributed by atoms with E-state index in [4.69, 9.17) is 0 Å². The van der Waals surface area contributed by atoms with Crippen LogP contribution in [-0.4, -0.2) is 16.9 Å². The van der Waals surface area contributed by atoms with E-state index in [1.165, 1.54) is 5.38 Å². The molecule has 0 aliphatic heterocycles. The molecule has 0 bridgehead atoms. The lowest BCUT2D eigenvalue weighted by Crippen LogP contribution is -2.32. The zero-order chi connectivity index (χ0) is 9.84. The molecule has 0 aliphatic rings. The Labute approximate surface area is 80.6 Å². The van der Waals surface area contributed by atoms with Crippen molar-refractivity contribution >= 4 is 17.2 Å². The van der Waals surface area contributed by atoms with Crippen molar-refractivity contribution in [3.8, 4) is 5.19 Å². The molecule has 13 heavy (non-hydrogen) atoms. The molecule has 4 nitrogen and oxygen atoms in total. The Morgan fingerprint density at radius 3 is 2.92 bits per heavy atom. The van der Waals surface area contributed by atoms with Crippen LogP contribution in [-0.2, 0) is 5.11 Å². The Balaban J connectivity index is 2.58. The smallest absolute Gasteiger partial charge is 0.327 e. The summed E-state index contributed by atoms with van der Waals surface area (Å²) in [6, 6.07) is 0.115. The van der Waals surface area contributed by atoms with Crippen molar-refractivity contribution in [1.29, 1.82) is 0 Å². The molecular formula is C8H11N2O2S. The topological polar surface area (TPSA) is 61.9 Å². The van der Waals surface area contributed by atoms with Gasteiger partial charge in [0, 0.05) is 11.4 Å². The predicted molar refractivity (Wildman–Crippen MR) is 49.5 cm³/mol. The second-order valence-electron chi connectivity index (χ2n) is 2.78. The van der Waals surface area contributed by atoms with E-state index in [9.17, 15) is 9.90 Å². The fourth-order valence-corrected chi connectivity index (χ4v) is 1.28. The normalized spacial score (nSPS) is 12.5. The molecule has 1 unspecified atom stereocenters. The Hall–Kier alpha value is -1.10. The molecule has 0 saturated heterocycles. The molecule has 1 aromatic heterocycles. The van der Waals surface area contributed by atoms with Crippen LogP contribution in [0.15, 0.2) is 5.38 Å². The maximum absolute atomic E-state index is 11.3. The van der Waals surface area contributed by atoms with Crippen molar-refractivity contribution < 1.29 is 9.90 Å². The summed E-state index contributed by atoms with van der Waals surface area (Å²) in [5.74, 6) is -0.271. The molecular weight excluding hydrogens is 188 g/mol. The average molecular weight is 199 g/mol. The lowest BCUT2D eigenvalue weighted by molar-refractivity contribution is 0.0934. The van der Waals surface area contributed by atoms with Gasteiger partial charge in [-0.2, -0.15) is 4.98 Å². The Morgan fingerprint density at radius 1 is 1.77 bits per heavy atom. The van der Waals surface area contributed by atoms with Crippen molar-refractivity contribution in [2.24, 2.45) is 0 Å². The van der Waals surface area contributed by atoms with Gasteiger partial charge < -0.3 is 5.32 Å². The van der Waals surface area contributed by atoms with Crippen LogP contribution < -0.4 is 5.32 Å². The van der Waals surface area contributed by atoms with Crippen molar-refractivity contribution in [3.63, 3.8) is 0 Å². The maximum atomic E-state index is 11.3. The summed E-state index contributed by atoms with van der Waals surface area (Å²) in [4.78, 5) is 14.9. The van der Waals surface area contributed by atoms with E-state index in [0.29, 0.717) is 0 Å². The van der Waals surface area contributed by atoms with Crippen LogP contribution in [0.3, 0.4) is 0 Å². The summed E-state index contributed by atoms with van der Waals surface area (Å²) >= 11 is 0.940. The number of carbonyl (C=O) groups is 1. The molecule has 1 atom stereocenters. The van der Waals surface area contributed by atoms with E-state index in [-0.39, 0.29) is 22.8 Å². The third kappa shape index (κ3) is 2.69. The van der Waals surface area contributed by atoms with Crippen molar-refractivity contribution in [2.45, 2.75) is 26.3 Å². The summed E-state index contributed by atoms with van der Waals surface area (Å²) in [7, 11) is 0. The van der Waals surface area contributed by atoms with Gasteiger partial charge in [0.15, 0.2) is 0 Å². The Morgan fingerprint density at radius 2 is 2.46 bits per heavy atom. The van der Waals surface area contributed by atoms with Gasteiger partial charge in [-0.1, -0.05) is 18.3 Å². The average Bonchev–Trinajstić information content (AvgIpc) is 2.51. The van der Waals surface area contributed by atoms with Crippen LogP contribution in [0, 0.1) is 0 Å². The quantitative estimate of drug-likeness (QED) is 0.807. The first-order valence-corrected chi connectivity index (χ1v) is 4.94. The van der Waals surface area contributed by atoms with E-state index in [2.05, 4.69) is 10.3 Å². The molecule has 0 saturated carbocycles. The van der Waals surface area contributed by atoms with Crippen LogP contribution in [0.1, 0.15) is 30.8 Å². The molecule has 1 aromatic rings. The van der Waals surface area contributed by atoms with Gasteiger partial charge in [-0.15, -0.1) is 0 Å². The molecule has 1 radical (unpaired) electrons. The van der Waals surface area contributed by atoms with Gasteiger partial charge in [-0.3, -0.25) is 9.90 Å². The summed E-state index contributed by atoms with van der Waals surface area (Å²) < 4.78 is 0. The van der Waals surface area contributed by atoms with Crippen molar-refractivity contribution in [2.75, 3.05) is 0 Å². The number of nitrogens with one attached hydrogen (secondary N) is 1. The minimum atomic E-state index is -0.325. The lowest BCUT2D eigenvalue weighted by Gasteiger charge is -2.08. The maximum Gasteiger partial charge on any atom is 0.327 e. The lowest BCUT2D eigenvalue weighted by atomic mass is 10.2. The number of hydrogen-bond donors (Lipinski definition) is 1. The molecule has 71 valence electrons. The van der Waals surface area contributed by atoms with E-state index in [0.717, 1.165) is 17.8 Å².